The van der Waals surface area contributed by atoms with Crippen LogP contribution in [0.2, 0.25) is 0 Å². The van der Waals surface area contributed by atoms with Crippen molar-refractivity contribution in [2.24, 2.45) is 0 Å². The van der Waals surface area contributed by atoms with E-state index in [4.69, 9.17) is 0 Å². The van der Waals surface area contributed by atoms with Crippen molar-refractivity contribution in [2.75, 3.05) is 13.1 Å². The first-order valence-corrected chi connectivity index (χ1v) is 8.18. The minimum Gasteiger partial charge on any atom is -0.352 e. The lowest BCUT2D eigenvalue weighted by molar-refractivity contribution is -0.384. The molecule has 0 aliphatic rings. The van der Waals surface area contributed by atoms with Crippen molar-refractivity contribution in [3.05, 3.63) is 52.6 Å². The lowest BCUT2D eigenvalue weighted by Crippen LogP contribution is -2.42. The molecule has 26 heavy (non-hydrogen) atoms. The Morgan fingerprint density at radius 1 is 1.38 bits per heavy atom. The summed E-state index contributed by atoms with van der Waals surface area (Å²) in [4.78, 5) is 40.7. The minimum atomic E-state index is -0.548. The summed E-state index contributed by atoms with van der Waals surface area (Å²) in [5, 5.41) is 14.1. The molecular weight excluding hydrogens is 338 g/mol. The second-order valence-electron chi connectivity index (χ2n) is 5.97. The van der Waals surface area contributed by atoms with E-state index >= 15 is 0 Å². The molecule has 2 rings (SSSR count). The van der Waals surface area contributed by atoms with Gasteiger partial charge in [0, 0.05) is 36.6 Å². The summed E-state index contributed by atoms with van der Waals surface area (Å²) in [5.74, 6) is -0.716. The van der Waals surface area contributed by atoms with Crippen molar-refractivity contribution in [3.63, 3.8) is 0 Å². The molecule has 138 valence electrons. The van der Waals surface area contributed by atoms with Crippen molar-refractivity contribution < 1.29 is 14.5 Å². The molecule has 1 aromatic heterocycles. The van der Waals surface area contributed by atoms with Crippen LogP contribution in [0.15, 0.2) is 36.9 Å². The minimum absolute atomic E-state index is 0.0353. The molecule has 0 spiro atoms. The quantitative estimate of drug-likeness (QED) is 0.598. The number of benzene rings is 1. The molecule has 0 radical (unpaired) electrons. The van der Waals surface area contributed by atoms with E-state index in [2.05, 4.69) is 10.3 Å². The van der Waals surface area contributed by atoms with Crippen molar-refractivity contribution in [3.8, 4) is 5.69 Å². The number of imidazole rings is 1. The summed E-state index contributed by atoms with van der Waals surface area (Å²) < 4.78 is 1.50. The molecule has 2 amide bonds. The number of nitrogens with zero attached hydrogens (tertiary/aromatic N) is 4. The van der Waals surface area contributed by atoms with Crippen LogP contribution in [0.5, 0.6) is 0 Å². The Balaban J connectivity index is 2.29. The highest BCUT2D eigenvalue weighted by Gasteiger charge is 2.22. The number of carbonyl (C=O) groups is 2. The van der Waals surface area contributed by atoms with Crippen molar-refractivity contribution >= 4 is 17.5 Å². The summed E-state index contributed by atoms with van der Waals surface area (Å²) in [6, 6.07) is 4.19. The molecular formula is C17H21N5O4. The first-order valence-electron chi connectivity index (χ1n) is 8.18. The zero-order chi connectivity index (χ0) is 19.3. The second kappa shape index (κ2) is 8.24. The van der Waals surface area contributed by atoms with Gasteiger partial charge in [0.2, 0.25) is 5.91 Å². The van der Waals surface area contributed by atoms with E-state index in [-0.39, 0.29) is 29.7 Å². The van der Waals surface area contributed by atoms with Gasteiger partial charge in [-0.05, 0) is 32.9 Å². The maximum absolute atomic E-state index is 12.7. The molecule has 1 N–H and O–H groups in total. The maximum Gasteiger partial charge on any atom is 0.294 e. The first-order chi connectivity index (χ1) is 12.3. The lowest BCUT2D eigenvalue weighted by Gasteiger charge is -2.21. The summed E-state index contributed by atoms with van der Waals surface area (Å²) in [6.07, 6.45) is 4.53. The molecule has 0 fully saturated rings. The van der Waals surface area contributed by atoms with Gasteiger partial charge in [0.15, 0.2) is 0 Å². The molecule has 9 nitrogen and oxygen atoms in total. The average molecular weight is 359 g/mol. The van der Waals surface area contributed by atoms with E-state index in [0.717, 1.165) is 0 Å². The Labute approximate surface area is 150 Å². The normalized spacial score (nSPS) is 10.6. The van der Waals surface area contributed by atoms with Gasteiger partial charge in [-0.25, -0.2) is 4.98 Å². The SMILES string of the molecule is CCN(CC(=O)NC(C)C)C(=O)c1ccc(-n2ccnc2)c([N+](=O)[O-])c1. The number of carbonyl (C=O) groups excluding carboxylic acids is 2. The number of hydrogen-bond donors (Lipinski definition) is 1. The summed E-state index contributed by atoms with van der Waals surface area (Å²) in [7, 11) is 0. The van der Waals surface area contributed by atoms with Crippen LogP contribution in [-0.2, 0) is 4.79 Å². The largest absolute Gasteiger partial charge is 0.352 e. The van der Waals surface area contributed by atoms with Crippen molar-refractivity contribution in [1.29, 1.82) is 0 Å². The highest BCUT2D eigenvalue weighted by atomic mass is 16.6. The fourth-order valence-electron chi connectivity index (χ4n) is 2.47. The highest BCUT2D eigenvalue weighted by molar-refractivity contribution is 5.97. The Bertz CT molecular complexity index is 801. The van der Waals surface area contributed by atoms with Gasteiger partial charge in [0.25, 0.3) is 11.6 Å². The van der Waals surface area contributed by atoms with Gasteiger partial charge in [-0.2, -0.15) is 0 Å². The van der Waals surface area contributed by atoms with Gasteiger partial charge < -0.3 is 14.8 Å². The monoisotopic (exact) mass is 359 g/mol. The predicted octanol–water partition coefficient (Wildman–Crippen LogP) is 1.77. The van der Waals surface area contributed by atoms with E-state index in [1.54, 1.807) is 13.1 Å². The van der Waals surface area contributed by atoms with Crippen molar-refractivity contribution in [1.82, 2.24) is 19.8 Å². The fraction of sp³-hybridized carbons (Fsp3) is 0.353. The highest BCUT2D eigenvalue weighted by Crippen LogP contribution is 2.24. The van der Waals surface area contributed by atoms with Crippen LogP contribution in [0.1, 0.15) is 31.1 Å². The number of aromatic nitrogens is 2. The van der Waals surface area contributed by atoms with Crippen LogP contribution in [0.25, 0.3) is 5.69 Å². The molecule has 0 saturated carbocycles. The summed E-state index contributed by atoms with van der Waals surface area (Å²) >= 11 is 0. The number of hydrogen-bond acceptors (Lipinski definition) is 5. The number of rotatable bonds is 7. The number of likely N-dealkylation sites (N-methyl/N-ethyl adjacent to an activating group) is 1. The Kier molecular flexibility index (Phi) is 6.05. The van der Waals surface area contributed by atoms with Crippen molar-refractivity contribution in [2.45, 2.75) is 26.8 Å². The van der Waals surface area contributed by atoms with Gasteiger partial charge in [-0.15, -0.1) is 0 Å². The van der Waals surface area contributed by atoms with Gasteiger partial charge in [0.05, 0.1) is 17.8 Å². The third kappa shape index (κ3) is 4.44. The van der Waals surface area contributed by atoms with Crippen LogP contribution < -0.4 is 5.32 Å². The number of nitro groups is 1. The van der Waals surface area contributed by atoms with Gasteiger partial charge in [-0.1, -0.05) is 0 Å². The molecule has 0 aliphatic heterocycles. The molecule has 1 heterocycles. The predicted molar refractivity (Wildman–Crippen MR) is 95.1 cm³/mol. The van der Waals surface area contributed by atoms with E-state index in [0.29, 0.717) is 12.2 Å². The number of amides is 2. The molecule has 0 atom stereocenters. The topological polar surface area (TPSA) is 110 Å². The summed E-state index contributed by atoms with van der Waals surface area (Å²) in [6.45, 7) is 5.60. The molecule has 0 unspecified atom stereocenters. The van der Waals surface area contributed by atoms with Crippen LogP contribution in [0, 0.1) is 10.1 Å². The Hall–Kier alpha value is -3.23. The van der Waals surface area contributed by atoms with Crippen LogP contribution in [-0.4, -0.2) is 50.3 Å². The maximum atomic E-state index is 12.7. The second-order valence-corrected chi connectivity index (χ2v) is 5.97. The summed E-state index contributed by atoms with van der Waals surface area (Å²) in [5.41, 5.74) is 0.251. The average Bonchev–Trinajstić information content (AvgIpc) is 3.12. The standard InChI is InChI=1S/C17H21N5O4/c1-4-20(10-16(23)19-12(2)3)17(24)13-5-6-14(15(9-13)22(25)26)21-8-7-18-11-21/h5-9,11-12H,4,10H2,1-3H3,(H,19,23). The molecule has 1 aromatic carbocycles. The smallest absolute Gasteiger partial charge is 0.294 e. The van der Waals surface area contributed by atoms with Crippen LogP contribution >= 0.6 is 0 Å². The van der Waals surface area contributed by atoms with Crippen LogP contribution in [0.3, 0.4) is 0 Å². The van der Waals surface area contributed by atoms with E-state index < -0.39 is 10.8 Å². The Morgan fingerprint density at radius 2 is 2.12 bits per heavy atom. The molecule has 0 saturated heterocycles. The molecule has 0 aliphatic carbocycles. The van der Waals surface area contributed by atoms with E-state index in [1.165, 1.54) is 40.2 Å². The van der Waals surface area contributed by atoms with E-state index in [9.17, 15) is 19.7 Å². The third-order valence-corrected chi connectivity index (χ3v) is 3.65. The van der Waals surface area contributed by atoms with Gasteiger partial charge in [-0.3, -0.25) is 19.7 Å². The fourth-order valence-corrected chi connectivity index (χ4v) is 2.47. The first kappa shape index (κ1) is 19.1. The lowest BCUT2D eigenvalue weighted by atomic mass is 10.1. The van der Waals surface area contributed by atoms with Gasteiger partial charge in [0.1, 0.15) is 5.69 Å². The van der Waals surface area contributed by atoms with E-state index in [1.807, 2.05) is 13.8 Å². The molecule has 2 aromatic rings. The molecule has 0 bridgehead atoms. The molecule has 9 heteroatoms. The third-order valence-electron chi connectivity index (χ3n) is 3.65. The van der Waals surface area contributed by atoms with Crippen LogP contribution in [0.4, 0.5) is 5.69 Å². The zero-order valence-corrected chi connectivity index (χ0v) is 14.9. The number of nitro benzene ring substituents is 1. The van der Waals surface area contributed by atoms with Gasteiger partial charge >= 0.3 is 0 Å². The zero-order valence-electron chi connectivity index (χ0n) is 14.9. The number of nitrogens with one attached hydrogen (secondary N) is 1. The Morgan fingerprint density at radius 3 is 2.65 bits per heavy atom.